The average Bonchev–Trinajstić information content (AvgIpc) is 2.30. The molecule has 0 spiro atoms. The quantitative estimate of drug-likeness (QED) is 0.581. The Morgan fingerprint density at radius 3 is 2.59 bits per heavy atom. The molecule has 17 heavy (non-hydrogen) atoms. The summed E-state index contributed by atoms with van der Waals surface area (Å²) in [6, 6.07) is -0.566. The third-order valence-electron chi connectivity index (χ3n) is 2.23. The van der Waals surface area contributed by atoms with Gasteiger partial charge in [-0.25, -0.2) is 8.42 Å². The molecule has 0 aliphatic heterocycles. The standard InChI is InChI=1S/C10H22N2O3S2/c1-3-4-6-17(14,15)7-5-16-8-9(11)10(13)12-2/h9H,3-8,11H2,1-2H3,(H,12,13). The zero-order valence-corrected chi connectivity index (χ0v) is 12.1. The summed E-state index contributed by atoms with van der Waals surface area (Å²) >= 11 is 1.40. The summed E-state index contributed by atoms with van der Waals surface area (Å²) in [5, 5.41) is 2.45. The van der Waals surface area contributed by atoms with Crippen LogP contribution in [0.25, 0.3) is 0 Å². The summed E-state index contributed by atoms with van der Waals surface area (Å²) in [5.41, 5.74) is 5.58. The predicted octanol–water partition coefficient (Wildman–Crippen LogP) is 0.00780. The topological polar surface area (TPSA) is 89.3 Å². The van der Waals surface area contributed by atoms with Crippen LogP contribution in [0.2, 0.25) is 0 Å². The molecule has 7 heteroatoms. The fourth-order valence-corrected chi connectivity index (χ4v) is 4.12. The molecule has 0 saturated carbocycles. The lowest BCUT2D eigenvalue weighted by atomic mass is 10.3. The first kappa shape index (κ1) is 16.7. The van der Waals surface area contributed by atoms with Gasteiger partial charge in [-0.3, -0.25) is 4.79 Å². The second-order valence-corrected chi connectivity index (χ2v) is 7.25. The van der Waals surface area contributed by atoms with Crippen LogP contribution >= 0.6 is 11.8 Å². The van der Waals surface area contributed by atoms with Gasteiger partial charge in [-0.05, 0) is 6.42 Å². The van der Waals surface area contributed by atoms with Crippen molar-refractivity contribution >= 4 is 27.5 Å². The van der Waals surface area contributed by atoms with Crippen molar-refractivity contribution in [1.82, 2.24) is 5.32 Å². The van der Waals surface area contributed by atoms with E-state index >= 15 is 0 Å². The fourth-order valence-electron chi connectivity index (χ4n) is 1.12. The molecule has 1 unspecified atom stereocenters. The van der Waals surface area contributed by atoms with Gasteiger partial charge in [0.05, 0.1) is 17.5 Å². The average molecular weight is 282 g/mol. The molecule has 1 atom stereocenters. The number of nitrogens with one attached hydrogen (secondary N) is 1. The molecule has 1 amide bonds. The van der Waals surface area contributed by atoms with E-state index in [1.54, 1.807) is 0 Å². The molecule has 0 aromatic rings. The SMILES string of the molecule is CCCCS(=O)(=O)CCSCC(N)C(=O)NC. The molecule has 0 radical (unpaired) electrons. The van der Waals surface area contributed by atoms with Gasteiger partial charge < -0.3 is 11.1 Å². The second kappa shape index (κ2) is 8.77. The van der Waals surface area contributed by atoms with E-state index in [0.29, 0.717) is 17.9 Å². The van der Waals surface area contributed by atoms with Crippen LogP contribution in [0.4, 0.5) is 0 Å². The van der Waals surface area contributed by atoms with E-state index < -0.39 is 15.9 Å². The van der Waals surface area contributed by atoms with Crippen molar-refractivity contribution in [1.29, 1.82) is 0 Å². The van der Waals surface area contributed by atoms with Gasteiger partial charge in [0.25, 0.3) is 0 Å². The summed E-state index contributed by atoms with van der Waals surface area (Å²) in [7, 11) is -1.40. The molecule has 0 aliphatic carbocycles. The molecule has 0 saturated heterocycles. The molecule has 0 bridgehead atoms. The molecule has 0 aromatic heterocycles. The summed E-state index contributed by atoms with van der Waals surface area (Å²) in [6.07, 6.45) is 1.60. The first-order valence-electron chi connectivity index (χ1n) is 5.68. The Labute approximate surface area is 108 Å². The molecule has 3 N–H and O–H groups in total. The first-order valence-corrected chi connectivity index (χ1v) is 8.66. The summed E-state index contributed by atoms with van der Waals surface area (Å²) in [4.78, 5) is 11.1. The van der Waals surface area contributed by atoms with E-state index in [-0.39, 0.29) is 17.4 Å². The van der Waals surface area contributed by atoms with E-state index in [2.05, 4.69) is 5.32 Å². The molecule has 0 aliphatic rings. The normalized spacial score (nSPS) is 13.4. The van der Waals surface area contributed by atoms with Crippen molar-refractivity contribution in [2.45, 2.75) is 25.8 Å². The number of hydrogen-bond donors (Lipinski definition) is 2. The molecule has 0 aromatic carbocycles. The highest BCUT2D eigenvalue weighted by molar-refractivity contribution is 8.00. The Hall–Kier alpha value is -0.270. The maximum absolute atomic E-state index is 11.5. The first-order chi connectivity index (χ1) is 7.93. The maximum atomic E-state index is 11.5. The Morgan fingerprint density at radius 1 is 1.41 bits per heavy atom. The lowest BCUT2D eigenvalue weighted by molar-refractivity contribution is -0.121. The summed E-state index contributed by atoms with van der Waals surface area (Å²) in [5.74, 6) is 1.15. The van der Waals surface area contributed by atoms with Crippen molar-refractivity contribution in [3.63, 3.8) is 0 Å². The number of rotatable bonds is 9. The van der Waals surface area contributed by atoms with E-state index in [1.807, 2.05) is 6.92 Å². The van der Waals surface area contributed by atoms with E-state index in [9.17, 15) is 13.2 Å². The van der Waals surface area contributed by atoms with Crippen LogP contribution in [-0.4, -0.2) is 50.4 Å². The molecule has 0 fully saturated rings. The minimum atomic E-state index is -2.93. The third kappa shape index (κ3) is 8.45. The van der Waals surface area contributed by atoms with E-state index in [4.69, 9.17) is 5.73 Å². The zero-order chi connectivity index (χ0) is 13.3. The summed E-state index contributed by atoms with van der Waals surface area (Å²) < 4.78 is 23.0. The van der Waals surface area contributed by atoms with Gasteiger partial charge in [0.15, 0.2) is 9.84 Å². The lowest BCUT2D eigenvalue weighted by Gasteiger charge is -2.09. The Kier molecular flexibility index (Phi) is 8.63. The third-order valence-corrected chi connectivity index (χ3v) is 5.31. The van der Waals surface area contributed by atoms with Crippen LogP contribution in [0.15, 0.2) is 0 Å². The van der Waals surface area contributed by atoms with Crippen molar-refractivity contribution in [3.8, 4) is 0 Å². The number of unbranched alkanes of at least 4 members (excludes halogenated alkanes) is 1. The van der Waals surface area contributed by atoms with E-state index in [0.717, 1.165) is 6.42 Å². The monoisotopic (exact) mass is 282 g/mol. The second-order valence-electron chi connectivity index (χ2n) is 3.80. The van der Waals surface area contributed by atoms with Crippen LogP contribution in [0.3, 0.4) is 0 Å². The summed E-state index contributed by atoms with van der Waals surface area (Å²) in [6.45, 7) is 1.96. The number of carbonyl (C=O) groups is 1. The number of thioether (sulfide) groups is 1. The fraction of sp³-hybridized carbons (Fsp3) is 0.900. The van der Waals surface area contributed by atoms with Crippen LogP contribution in [0.5, 0.6) is 0 Å². The molecule has 0 heterocycles. The maximum Gasteiger partial charge on any atom is 0.237 e. The highest BCUT2D eigenvalue weighted by Gasteiger charge is 2.13. The molecular formula is C10H22N2O3S2. The van der Waals surface area contributed by atoms with Crippen LogP contribution in [0, 0.1) is 0 Å². The highest BCUT2D eigenvalue weighted by atomic mass is 32.2. The Morgan fingerprint density at radius 2 is 2.06 bits per heavy atom. The number of nitrogens with two attached hydrogens (primary N) is 1. The minimum Gasteiger partial charge on any atom is -0.358 e. The highest BCUT2D eigenvalue weighted by Crippen LogP contribution is 2.05. The van der Waals surface area contributed by atoms with Gasteiger partial charge in [0.1, 0.15) is 0 Å². The number of hydrogen-bond acceptors (Lipinski definition) is 5. The van der Waals surface area contributed by atoms with Gasteiger partial charge >= 0.3 is 0 Å². The van der Waals surface area contributed by atoms with Gasteiger partial charge in [-0.2, -0.15) is 11.8 Å². The number of carbonyl (C=O) groups excluding carboxylic acids is 1. The van der Waals surface area contributed by atoms with Crippen molar-refractivity contribution < 1.29 is 13.2 Å². The van der Waals surface area contributed by atoms with Gasteiger partial charge in [0.2, 0.25) is 5.91 Å². The van der Waals surface area contributed by atoms with E-state index in [1.165, 1.54) is 18.8 Å². The lowest BCUT2D eigenvalue weighted by Crippen LogP contribution is -2.40. The number of amides is 1. The Balaban J connectivity index is 3.74. The molecule has 5 nitrogen and oxygen atoms in total. The van der Waals surface area contributed by atoms with Crippen molar-refractivity contribution in [2.75, 3.05) is 30.1 Å². The van der Waals surface area contributed by atoms with Gasteiger partial charge in [-0.1, -0.05) is 13.3 Å². The van der Waals surface area contributed by atoms with Crippen molar-refractivity contribution in [3.05, 3.63) is 0 Å². The molecular weight excluding hydrogens is 260 g/mol. The van der Waals surface area contributed by atoms with Gasteiger partial charge in [0, 0.05) is 18.6 Å². The number of likely N-dealkylation sites (N-methyl/N-ethyl adjacent to an activating group) is 1. The van der Waals surface area contributed by atoms with Crippen molar-refractivity contribution in [2.24, 2.45) is 5.73 Å². The van der Waals surface area contributed by atoms with Crippen LogP contribution in [-0.2, 0) is 14.6 Å². The van der Waals surface area contributed by atoms with Gasteiger partial charge in [-0.15, -0.1) is 0 Å². The minimum absolute atomic E-state index is 0.165. The largest absolute Gasteiger partial charge is 0.358 e. The Bertz CT molecular complexity index is 318. The molecule has 102 valence electrons. The predicted molar refractivity (Wildman–Crippen MR) is 72.9 cm³/mol. The molecule has 0 rings (SSSR count). The van der Waals surface area contributed by atoms with Crippen LogP contribution < -0.4 is 11.1 Å². The van der Waals surface area contributed by atoms with Crippen LogP contribution in [0.1, 0.15) is 19.8 Å². The smallest absolute Gasteiger partial charge is 0.237 e. The number of sulfone groups is 1. The zero-order valence-electron chi connectivity index (χ0n) is 10.4.